The fourth-order valence-electron chi connectivity index (χ4n) is 2.19. The molecule has 0 radical (unpaired) electrons. The third kappa shape index (κ3) is 2.99. The molecule has 0 amide bonds. The maximum atomic E-state index is 9.85. The van der Waals surface area contributed by atoms with E-state index in [1.165, 1.54) is 17.7 Å². The van der Waals surface area contributed by atoms with Crippen molar-refractivity contribution in [2.45, 2.75) is 31.6 Å². The van der Waals surface area contributed by atoms with E-state index in [1.807, 2.05) is 36.0 Å². The zero-order chi connectivity index (χ0) is 13.0. The van der Waals surface area contributed by atoms with Gasteiger partial charge in [0.05, 0.1) is 0 Å². The first-order valence-corrected chi connectivity index (χ1v) is 7.54. The molecule has 1 atom stereocenters. The van der Waals surface area contributed by atoms with E-state index in [1.54, 1.807) is 6.07 Å². The average molecular weight is 260 g/mol. The van der Waals surface area contributed by atoms with Gasteiger partial charge in [-0.05, 0) is 23.4 Å². The molecule has 1 nitrogen and oxygen atoms in total. The van der Waals surface area contributed by atoms with Crippen LogP contribution in [0.25, 0.3) is 10.8 Å². The highest BCUT2D eigenvalue weighted by molar-refractivity contribution is 7.99. The fraction of sp³-hybridized carbons (Fsp3) is 0.375. The van der Waals surface area contributed by atoms with E-state index in [0.29, 0.717) is 5.75 Å². The van der Waals surface area contributed by atoms with Gasteiger partial charge in [-0.2, -0.15) is 0 Å². The molecule has 0 saturated carbocycles. The second-order valence-corrected chi connectivity index (χ2v) is 5.90. The predicted octanol–water partition coefficient (Wildman–Crippen LogP) is 5.07. The van der Waals surface area contributed by atoms with Crippen LogP contribution < -0.4 is 0 Å². The van der Waals surface area contributed by atoms with Crippen molar-refractivity contribution >= 4 is 22.5 Å². The number of fused-ring (bicyclic) bond motifs is 1. The molecule has 0 aliphatic heterocycles. The number of hydrogen-bond donors (Lipinski definition) is 1. The highest BCUT2D eigenvalue weighted by Crippen LogP contribution is 2.34. The Bertz CT molecular complexity index is 521. The second kappa shape index (κ2) is 6.14. The van der Waals surface area contributed by atoms with Crippen LogP contribution in [0.15, 0.2) is 41.3 Å². The molecule has 1 unspecified atom stereocenters. The van der Waals surface area contributed by atoms with Gasteiger partial charge in [0, 0.05) is 16.0 Å². The first kappa shape index (κ1) is 13.3. The minimum absolute atomic E-state index is 0.372. The van der Waals surface area contributed by atoms with Crippen LogP contribution in [0.3, 0.4) is 0 Å². The number of rotatable bonds is 5. The molecule has 96 valence electrons. The lowest BCUT2D eigenvalue weighted by Crippen LogP contribution is -1.97. The Labute approximate surface area is 113 Å². The summed E-state index contributed by atoms with van der Waals surface area (Å²) in [5, 5.41) is 12.0. The quantitative estimate of drug-likeness (QED) is 0.757. The number of phenols is 1. The molecule has 0 saturated heterocycles. The first-order chi connectivity index (χ1) is 8.72. The van der Waals surface area contributed by atoms with Crippen LogP contribution in [0.1, 0.15) is 26.7 Å². The van der Waals surface area contributed by atoms with Gasteiger partial charge in [-0.15, -0.1) is 11.8 Å². The zero-order valence-electron chi connectivity index (χ0n) is 11.0. The Morgan fingerprint density at radius 3 is 2.56 bits per heavy atom. The lowest BCUT2D eigenvalue weighted by Gasteiger charge is -2.11. The van der Waals surface area contributed by atoms with Crippen molar-refractivity contribution < 1.29 is 5.11 Å². The van der Waals surface area contributed by atoms with E-state index in [0.717, 1.165) is 22.4 Å². The molecule has 2 aromatic rings. The fourth-order valence-corrected chi connectivity index (χ4v) is 3.32. The van der Waals surface area contributed by atoms with Crippen LogP contribution in [0.2, 0.25) is 0 Å². The Morgan fingerprint density at radius 2 is 1.83 bits per heavy atom. The minimum Gasteiger partial charge on any atom is -0.507 e. The summed E-state index contributed by atoms with van der Waals surface area (Å²) in [6.45, 7) is 4.54. The normalized spacial score (nSPS) is 12.8. The molecular weight excluding hydrogens is 240 g/mol. The number of thioether (sulfide) groups is 1. The number of hydrogen-bond acceptors (Lipinski definition) is 2. The standard InChI is InChI=1S/C16H20OS/c1-3-6-12(2)11-18-16-10-9-15(17)13-7-4-5-8-14(13)16/h4-5,7-10,12,17H,3,6,11H2,1-2H3. The first-order valence-electron chi connectivity index (χ1n) is 6.56. The van der Waals surface area contributed by atoms with Crippen molar-refractivity contribution in [3.05, 3.63) is 36.4 Å². The highest BCUT2D eigenvalue weighted by Gasteiger charge is 2.07. The van der Waals surface area contributed by atoms with Gasteiger partial charge in [-0.1, -0.05) is 51.0 Å². The molecule has 2 heteroatoms. The minimum atomic E-state index is 0.372. The van der Waals surface area contributed by atoms with E-state index in [-0.39, 0.29) is 0 Å². The van der Waals surface area contributed by atoms with Crippen molar-refractivity contribution in [2.24, 2.45) is 5.92 Å². The van der Waals surface area contributed by atoms with Gasteiger partial charge in [0.25, 0.3) is 0 Å². The van der Waals surface area contributed by atoms with Gasteiger partial charge in [-0.25, -0.2) is 0 Å². The summed E-state index contributed by atoms with van der Waals surface area (Å²) >= 11 is 1.90. The summed E-state index contributed by atoms with van der Waals surface area (Å²) < 4.78 is 0. The van der Waals surface area contributed by atoms with E-state index in [4.69, 9.17) is 0 Å². The molecule has 2 rings (SSSR count). The highest BCUT2D eigenvalue weighted by atomic mass is 32.2. The van der Waals surface area contributed by atoms with Crippen LogP contribution in [0, 0.1) is 5.92 Å². The molecule has 0 aliphatic carbocycles. The van der Waals surface area contributed by atoms with Crippen LogP contribution in [-0.2, 0) is 0 Å². The van der Waals surface area contributed by atoms with Gasteiger partial charge in [0.1, 0.15) is 5.75 Å². The zero-order valence-corrected chi connectivity index (χ0v) is 11.8. The predicted molar refractivity (Wildman–Crippen MR) is 80.4 cm³/mol. The van der Waals surface area contributed by atoms with Crippen LogP contribution in [-0.4, -0.2) is 10.9 Å². The Hall–Kier alpha value is -1.15. The lowest BCUT2D eigenvalue weighted by atomic mass is 10.1. The van der Waals surface area contributed by atoms with Crippen LogP contribution in [0.4, 0.5) is 0 Å². The van der Waals surface area contributed by atoms with Gasteiger partial charge in [-0.3, -0.25) is 0 Å². The van der Waals surface area contributed by atoms with Gasteiger partial charge in [0.2, 0.25) is 0 Å². The SMILES string of the molecule is CCCC(C)CSc1ccc(O)c2ccccc12. The van der Waals surface area contributed by atoms with E-state index < -0.39 is 0 Å². The number of benzene rings is 2. The summed E-state index contributed by atoms with van der Waals surface area (Å²) in [7, 11) is 0. The second-order valence-electron chi connectivity index (χ2n) is 4.83. The summed E-state index contributed by atoms with van der Waals surface area (Å²) in [4.78, 5) is 1.27. The van der Waals surface area contributed by atoms with E-state index in [9.17, 15) is 5.11 Å². The Morgan fingerprint density at radius 1 is 1.11 bits per heavy atom. The Kier molecular flexibility index (Phi) is 4.54. The molecule has 0 spiro atoms. The molecule has 0 heterocycles. The van der Waals surface area contributed by atoms with Crippen molar-refractivity contribution in [3.8, 4) is 5.75 Å². The topological polar surface area (TPSA) is 20.2 Å². The van der Waals surface area contributed by atoms with E-state index >= 15 is 0 Å². The molecule has 0 fully saturated rings. The Balaban J connectivity index is 2.21. The van der Waals surface area contributed by atoms with E-state index in [2.05, 4.69) is 19.9 Å². The number of phenolic OH excluding ortho intramolecular Hbond substituents is 1. The molecule has 0 aromatic heterocycles. The van der Waals surface area contributed by atoms with Crippen LogP contribution >= 0.6 is 11.8 Å². The smallest absolute Gasteiger partial charge is 0.123 e. The molecular formula is C16H20OS. The van der Waals surface area contributed by atoms with Gasteiger partial charge < -0.3 is 5.11 Å². The molecule has 0 bridgehead atoms. The maximum absolute atomic E-state index is 9.85. The largest absolute Gasteiger partial charge is 0.507 e. The summed E-state index contributed by atoms with van der Waals surface area (Å²) in [5.74, 6) is 2.26. The average Bonchev–Trinajstić information content (AvgIpc) is 2.39. The third-order valence-electron chi connectivity index (χ3n) is 3.17. The van der Waals surface area contributed by atoms with Crippen molar-refractivity contribution in [3.63, 3.8) is 0 Å². The molecule has 18 heavy (non-hydrogen) atoms. The monoisotopic (exact) mass is 260 g/mol. The summed E-state index contributed by atoms with van der Waals surface area (Å²) in [6.07, 6.45) is 2.53. The van der Waals surface area contributed by atoms with Crippen molar-refractivity contribution in [1.82, 2.24) is 0 Å². The maximum Gasteiger partial charge on any atom is 0.123 e. The lowest BCUT2D eigenvalue weighted by molar-refractivity contribution is 0.481. The van der Waals surface area contributed by atoms with Crippen LogP contribution in [0.5, 0.6) is 5.75 Å². The molecule has 0 aliphatic rings. The van der Waals surface area contributed by atoms with Gasteiger partial charge >= 0.3 is 0 Å². The third-order valence-corrected chi connectivity index (χ3v) is 4.57. The molecule has 2 aromatic carbocycles. The van der Waals surface area contributed by atoms with Crippen molar-refractivity contribution in [1.29, 1.82) is 0 Å². The summed E-state index contributed by atoms with van der Waals surface area (Å²) in [6, 6.07) is 11.9. The number of aromatic hydroxyl groups is 1. The summed E-state index contributed by atoms with van der Waals surface area (Å²) in [5.41, 5.74) is 0. The van der Waals surface area contributed by atoms with Gasteiger partial charge in [0.15, 0.2) is 0 Å². The van der Waals surface area contributed by atoms with Crippen molar-refractivity contribution in [2.75, 3.05) is 5.75 Å². The molecule has 1 N–H and O–H groups in total.